The molecule has 1 amide bonds. The molecule has 0 aromatic heterocycles. The molecule has 576 valence electrons. The Kier molecular flexibility index (Phi) is 23.6. The first-order chi connectivity index (χ1) is 49.7. The molecule has 0 aliphatic carbocycles. The van der Waals surface area contributed by atoms with E-state index in [4.69, 9.17) is 0 Å². The van der Waals surface area contributed by atoms with Crippen LogP contribution in [0, 0.1) is 0 Å². The van der Waals surface area contributed by atoms with E-state index in [-0.39, 0.29) is 74.0 Å². The third-order valence-electron chi connectivity index (χ3n) is 20.9. The second-order valence-corrected chi connectivity index (χ2v) is 38.5. The number of allylic oxidation sites excluding steroid dienone is 8. The lowest BCUT2D eigenvalue weighted by atomic mass is 9.77. The van der Waals surface area contributed by atoms with Crippen molar-refractivity contribution in [1.82, 2.24) is 5.32 Å². The predicted octanol–water partition coefficient (Wildman–Crippen LogP) is 11.7. The molecule has 4 heterocycles. The minimum absolute atomic E-state index is 0.0178. The number of aliphatic carboxylic acids is 1. The van der Waals surface area contributed by atoms with Gasteiger partial charge in [0.1, 0.15) is 13.1 Å². The minimum Gasteiger partial charge on any atom is -0.481 e. The fraction of sp³-hybridized carbons (Fsp3) is 0.413. The van der Waals surface area contributed by atoms with E-state index in [1.54, 1.807) is 47.6 Å². The molecule has 8 N–H and O–H groups in total. The number of carbonyl (C=O) groups excluding carboxylic acids is 1. The molecule has 0 saturated heterocycles. The molecule has 1 atom stereocenters. The fourth-order valence-electron chi connectivity index (χ4n) is 15.8. The van der Waals surface area contributed by atoms with Crippen molar-refractivity contribution in [2.75, 3.05) is 53.2 Å². The lowest BCUT2D eigenvalue weighted by Gasteiger charge is -2.30. The number of nitrogens with zero attached hydrogens (tertiary/aromatic N) is 4. The molecule has 0 spiro atoms. The van der Waals surface area contributed by atoms with Gasteiger partial charge in [-0.3, -0.25) is 36.9 Å². The largest absolute Gasteiger partial charge is 0.481 e. The Hall–Kier alpha value is -7.86. The Balaban J connectivity index is 0.872. The highest BCUT2D eigenvalue weighted by Crippen LogP contribution is 2.54. The van der Waals surface area contributed by atoms with Crippen molar-refractivity contribution < 1.29 is 102 Å². The van der Waals surface area contributed by atoms with Crippen molar-refractivity contribution >= 4 is 128 Å². The van der Waals surface area contributed by atoms with E-state index in [9.17, 15) is 92.5 Å². The van der Waals surface area contributed by atoms with Gasteiger partial charge in [0.2, 0.25) is 17.3 Å². The number of nitrogens with one attached hydrogen (secondary N) is 1. The highest BCUT2D eigenvalue weighted by atomic mass is 32.2. The van der Waals surface area contributed by atoms with Gasteiger partial charge in [0, 0.05) is 114 Å². The molecule has 32 heteroatoms. The number of fused-ring (bicyclic) bond motifs is 8. The van der Waals surface area contributed by atoms with Crippen LogP contribution in [0.15, 0.2) is 160 Å². The first-order valence-corrected chi connectivity index (χ1v) is 44.2. The van der Waals surface area contributed by atoms with Gasteiger partial charge in [-0.15, -0.1) is 0 Å². The Morgan fingerprint density at radius 1 is 0.458 bits per heavy atom. The zero-order valence-corrected chi connectivity index (χ0v) is 65.3. The molecule has 107 heavy (non-hydrogen) atoms. The lowest BCUT2D eigenvalue weighted by molar-refractivity contribution is -0.437. The first-order valence-electron chi connectivity index (χ1n) is 35.0. The van der Waals surface area contributed by atoms with Gasteiger partial charge >= 0.3 is 5.97 Å². The van der Waals surface area contributed by atoms with Crippen LogP contribution in [0.5, 0.6) is 0 Å². The second-order valence-electron chi connectivity index (χ2n) is 29.5. The molecule has 0 bridgehead atoms. The zero-order chi connectivity index (χ0) is 78.4. The number of hydrogen-bond donors (Lipinski definition) is 8. The summed E-state index contributed by atoms with van der Waals surface area (Å²) < 4.78 is 210. The number of carboxylic acids is 1. The van der Waals surface area contributed by atoms with Gasteiger partial charge in [-0.2, -0.15) is 59.7 Å². The molecular weight excluding hydrogens is 1500 g/mol. The summed E-state index contributed by atoms with van der Waals surface area (Å²) in [7, 11) is -27.0. The maximum Gasteiger partial charge on any atom is 0.303 e. The van der Waals surface area contributed by atoms with Crippen LogP contribution >= 0.6 is 0 Å². The molecule has 26 nitrogen and oxygen atoms in total. The molecule has 10 rings (SSSR count). The molecule has 6 aromatic carbocycles. The summed E-state index contributed by atoms with van der Waals surface area (Å²) >= 11 is 0. The average Bonchev–Trinajstić information content (AvgIpc) is 1.58. The van der Waals surface area contributed by atoms with Crippen LogP contribution in [0.25, 0.3) is 21.5 Å². The van der Waals surface area contributed by atoms with Gasteiger partial charge in [-0.05, 0) is 178 Å². The Morgan fingerprint density at radius 3 is 1.55 bits per heavy atom. The standard InChI is InChI=1S/C75H89N5O21S6/c1-72(2)58-47-54(106(96,97)98)29-35-60(58)77(39-16-42-102(84,85)86)64(72)19-15-22-67-75(7,59-48-55(107(99,100)101)30-36-61(59)78(67)40-17-43-103(87,88)89)37-12-8-10-23-68(81)76-49-50-25-31-56-51(45-50)26-33-63-70(56)74(5,6)66(80(63)41-18-44-104(90,91)92)21-14-20-65-73(3,4)71-57-32-28-53(105(93,94)95)46-52(57)27-34-62(71)79(65)38-13-9-11-24-69(82)83/h14-15,19-22,25-36,45-48H,8-13,16-18,23-24,37-44,49H2,1-7H3,(H6-2,76,81,82,83,84,85,86,87,88,89,90,91,92,93,94,95,96,97,98,99,100,101)/p+2. The van der Waals surface area contributed by atoms with Crippen molar-refractivity contribution in [3.63, 3.8) is 0 Å². The van der Waals surface area contributed by atoms with Crippen molar-refractivity contribution in [3.05, 3.63) is 173 Å². The zero-order valence-electron chi connectivity index (χ0n) is 60.4. The molecule has 0 saturated carbocycles. The highest BCUT2D eigenvalue weighted by Gasteiger charge is 2.49. The van der Waals surface area contributed by atoms with E-state index in [0.717, 1.165) is 55.6 Å². The van der Waals surface area contributed by atoms with Gasteiger partial charge in [0.25, 0.3) is 60.7 Å². The van der Waals surface area contributed by atoms with Crippen LogP contribution in [0.2, 0.25) is 0 Å². The number of hydrogen-bond acceptors (Lipinski definition) is 16. The summed E-state index contributed by atoms with van der Waals surface area (Å²) in [5.74, 6) is -2.77. The van der Waals surface area contributed by atoms with Crippen molar-refractivity contribution in [2.45, 2.75) is 168 Å². The van der Waals surface area contributed by atoms with E-state index in [1.165, 1.54) is 48.5 Å². The molecule has 0 fully saturated rings. The van der Waals surface area contributed by atoms with Crippen molar-refractivity contribution in [1.29, 1.82) is 0 Å². The molecule has 4 aliphatic heterocycles. The summed E-state index contributed by atoms with van der Waals surface area (Å²) in [5, 5.41) is 15.6. The summed E-state index contributed by atoms with van der Waals surface area (Å²) in [6.45, 7) is 14.8. The highest BCUT2D eigenvalue weighted by molar-refractivity contribution is 7.87. The quantitative estimate of drug-likeness (QED) is 0.0108. The molecule has 1 unspecified atom stereocenters. The van der Waals surface area contributed by atoms with Gasteiger partial charge in [0.05, 0.1) is 42.8 Å². The number of anilines is 2. The molecule has 0 radical (unpaired) electrons. The van der Waals surface area contributed by atoms with Gasteiger partial charge in [-0.25, -0.2) is 0 Å². The second kappa shape index (κ2) is 30.9. The van der Waals surface area contributed by atoms with Crippen LogP contribution in [-0.2, 0) is 98.5 Å². The fourth-order valence-corrected chi connectivity index (χ4v) is 18.9. The summed E-state index contributed by atoms with van der Waals surface area (Å²) in [6, 6.07) is 26.2. The summed E-state index contributed by atoms with van der Waals surface area (Å²) in [5.41, 5.74) is 5.93. The summed E-state index contributed by atoms with van der Waals surface area (Å²) in [6.07, 6.45) is 14.9. The van der Waals surface area contributed by atoms with Gasteiger partial charge < -0.3 is 20.2 Å². The topological polar surface area (TPSA) is 405 Å². The number of amides is 1. The van der Waals surface area contributed by atoms with Crippen LogP contribution in [0.1, 0.15) is 153 Å². The van der Waals surface area contributed by atoms with Crippen molar-refractivity contribution in [3.8, 4) is 0 Å². The number of carboxylic acid groups (broad SMARTS) is 1. The number of carbonyl (C=O) groups is 2. The minimum atomic E-state index is -4.75. The third kappa shape index (κ3) is 18.2. The van der Waals surface area contributed by atoms with E-state index < -0.39 is 110 Å². The number of benzene rings is 6. The normalized spacial score (nSPS) is 18.6. The Morgan fingerprint density at radius 2 is 0.935 bits per heavy atom. The third-order valence-corrected chi connectivity index (χ3v) is 25.9. The maximum atomic E-state index is 13.7. The van der Waals surface area contributed by atoms with Crippen molar-refractivity contribution in [2.24, 2.45) is 0 Å². The predicted molar refractivity (Wildman–Crippen MR) is 410 cm³/mol. The number of rotatable bonds is 33. The van der Waals surface area contributed by atoms with Crippen LogP contribution in [0.4, 0.5) is 22.7 Å². The number of unbranched alkanes of at least 4 members (excludes halogenated alkanes) is 4. The van der Waals surface area contributed by atoms with E-state index in [0.29, 0.717) is 90.8 Å². The van der Waals surface area contributed by atoms with E-state index in [2.05, 4.69) is 42.5 Å². The Labute approximate surface area is 625 Å². The van der Waals surface area contributed by atoms with Crippen LogP contribution < -0.4 is 15.1 Å². The maximum absolute atomic E-state index is 13.7. The molecular formula is C75H91N5O21S6+2. The smallest absolute Gasteiger partial charge is 0.303 e. The van der Waals surface area contributed by atoms with E-state index >= 15 is 0 Å². The first kappa shape index (κ1) is 81.7. The molecule has 6 aromatic rings. The lowest BCUT2D eigenvalue weighted by Crippen LogP contribution is -2.30. The van der Waals surface area contributed by atoms with E-state index in [1.807, 2.05) is 67.6 Å². The average molecular weight is 1590 g/mol. The summed E-state index contributed by atoms with van der Waals surface area (Å²) in [4.78, 5) is 28.1. The van der Waals surface area contributed by atoms with Gasteiger partial charge in [-0.1, -0.05) is 69.5 Å². The van der Waals surface area contributed by atoms with Crippen LogP contribution in [-0.4, -0.2) is 159 Å². The van der Waals surface area contributed by atoms with Crippen LogP contribution in [0.3, 0.4) is 0 Å². The Bertz CT molecular complexity index is 5530. The monoisotopic (exact) mass is 1590 g/mol. The van der Waals surface area contributed by atoms with Gasteiger partial charge in [0.15, 0.2) is 11.4 Å². The molecule has 4 aliphatic rings. The SMILES string of the molecule is CC1(C)C(/C=C/C=C2/N(CCCS(=O)(=O)O)c3ccc(S(=O)(=O)O)cc3C2(C)CCCCCC(=O)NCc2ccc3c4c(ccc3c2)[N+](CCCS(=O)(=O)O)=C(/C=C/C=C2/N(CCCCCC(=O)O)c3ccc5cc(S(=O)(=O)O)ccc5c3C2(C)C)C4(C)C)=[N+](CCCS(=O)(=O)O)c2ccc(S(=O)(=O)O)cc21.